The molecule has 4 heavy (non-hydrogen) atoms. The van der Waals surface area contributed by atoms with E-state index in [0.717, 1.165) is 0 Å². The van der Waals surface area contributed by atoms with Gasteiger partial charge in [-0.25, -0.2) is 0 Å². The average molecular weight is 78.4 g/mol. The quantitative estimate of drug-likeness (QED) is 0.304. The molecule has 1 nitrogen and oxygen atoms in total. The molecule has 0 saturated carbocycles. The van der Waals surface area contributed by atoms with E-state index in [9.17, 15) is 0 Å². The van der Waals surface area contributed by atoms with Crippen LogP contribution in [0.4, 0.5) is 0 Å². The maximum absolute atomic E-state index is 8.06. The van der Waals surface area contributed by atoms with Crippen molar-refractivity contribution >= 4 is 52.0 Å². The summed E-state index contributed by atoms with van der Waals surface area (Å²) in [4.78, 5) is 0. The molecule has 0 aliphatic rings. The summed E-state index contributed by atoms with van der Waals surface area (Å²) in [5.41, 5.74) is 0. The Labute approximate surface area is 56.3 Å². The molecule has 0 atom stereocenters. The average Bonchev–Trinajstić information content (AvgIpc) is 1.00. The Balaban J connectivity index is -0.00000000500. The molecule has 0 aliphatic heterocycles. The molecule has 16 valence electrons. The molecule has 0 unspecified atom stereocenters. The van der Waals surface area contributed by atoms with Gasteiger partial charge in [0, 0.05) is 0 Å². The molecule has 0 amide bonds. The molecule has 0 N–H and O–H groups in total. The van der Waals surface area contributed by atoms with Crippen LogP contribution in [0, 0.1) is 0 Å². The first-order valence-corrected chi connectivity index (χ1v) is 0.612. The zero-order valence-electron chi connectivity index (χ0n) is 0.908. The molecule has 0 rings (SSSR count). The number of rotatable bonds is 0. The summed E-state index contributed by atoms with van der Waals surface area (Å²) in [6, 6.07) is 0. The van der Waals surface area contributed by atoms with Crippen molar-refractivity contribution in [1.29, 1.82) is 0 Å². The fourth-order valence-electron chi connectivity index (χ4n) is 0. The van der Waals surface area contributed by atoms with Gasteiger partial charge in [-0.05, 0) is 0 Å². The third-order valence-electron chi connectivity index (χ3n) is 0. The van der Waals surface area contributed by atoms with E-state index in [2.05, 4.69) is 0 Å². The van der Waals surface area contributed by atoms with Crippen molar-refractivity contribution in [2.75, 3.05) is 0 Å². The Hall–Kier alpha value is 1.38. The molecule has 0 aromatic rings. The maximum Gasteiger partial charge on any atom is 0.316 e. The van der Waals surface area contributed by atoms with Gasteiger partial charge in [-0.3, -0.25) is 0 Å². The van der Waals surface area contributed by atoms with Gasteiger partial charge in [0.1, 0.15) is 0 Å². The normalized spacial score (nSPS) is 1.00. The summed E-state index contributed by atoms with van der Waals surface area (Å²) in [6.45, 7) is 0. The Kier molecular flexibility index (Phi) is 120. The predicted octanol–water partition coefficient (Wildman–Crippen LogP) is -2.06. The molecule has 0 aromatic carbocycles. The summed E-state index contributed by atoms with van der Waals surface area (Å²) >= 11 is 0. The molecule has 0 fully saturated rings. The van der Waals surface area contributed by atoms with Gasteiger partial charge in [0.05, 0.1) is 0 Å². The largest absolute Gasteiger partial charge is 0.316 e. The zero-order chi connectivity index (χ0) is 2.00. The molecule has 4 heteroatoms. The Bertz CT molecular complexity index is 8.00. The second-order valence-electron chi connectivity index (χ2n) is 0. The summed E-state index contributed by atoms with van der Waals surface area (Å²) in [6.07, 6.45) is 0. The molecule has 0 spiro atoms. The van der Waals surface area contributed by atoms with Crippen molar-refractivity contribution in [3.63, 3.8) is 0 Å². The van der Waals surface area contributed by atoms with E-state index in [0.29, 0.717) is 0 Å². The van der Waals surface area contributed by atoms with Crippen LogP contribution in [0.3, 0.4) is 0 Å². The van der Waals surface area contributed by atoms with Crippen LogP contribution >= 0.6 is 0 Å². The van der Waals surface area contributed by atoms with Gasteiger partial charge < -0.3 is 4.46 Å². The summed E-state index contributed by atoms with van der Waals surface area (Å²) < 4.78 is 8.06. The van der Waals surface area contributed by atoms with E-state index in [-0.39, 0.29) is 41.9 Å². The van der Waals surface area contributed by atoms with Crippen molar-refractivity contribution < 1.29 is 4.46 Å². The fraction of sp³-hybridized carbons (Fsp3) is 0. The van der Waals surface area contributed by atoms with Crippen molar-refractivity contribution in [3.8, 4) is 0 Å². The van der Waals surface area contributed by atoms with Crippen LogP contribution in [0.15, 0.2) is 0 Å². The van der Waals surface area contributed by atoms with E-state index in [4.69, 9.17) is 4.46 Å². The molecule has 0 aliphatic carbocycles. The topological polar surface area (TPSA) is 17.1 Å². The second kappa shape index (κ2) is 26.3. The van der Waals surface area contributed by atoms with Gasteiger partial charge in [0.15, 0.2) is 0 Å². The van der Waals surface area contributed by atoms with Crippen LogP contribution < -0.4 is 0 Å². The molecular formula is H3LiMgOSi. The van der Waals surface area contributed by atoms with Crippen LogP contribution in [-0.4, -0.2) is 52.0 Å². The molecule has 0 saturated heterocycles. The molecule has 0 bridgehead atoms. The smallest absolute Gasteiger partial charge is 0.316 e. The van der Waals surface area contributed by atoms with Crippen LogP contribution in [0.1, 0.15) is 0 Å². The van der Waals surface area contributed by atoms with Crippen molar-refractivity contribution in [2.45, 2.75) is 0 Å². The van der Waals surface area contributed by atoms with Gasteiger partial charge in [-0.15, -0.1) is 0 Å². The summed E-state index contributed by atoms with van der Waals surface area (Å²) in [5, 5.41) is 0. The Morgan fingerprint density at radius 2 is 1.25 bits per heavy atom. The first kappa shape index (κ1) is 18.2. The molecular weight excluding hydrogens is 75.3 g/mol. The van der Waals surface area contributed by atoms with Crippen LogP contribution in [0.5, 0.6) is 0 Å². The van der Waals surface area contributed by atoms with Crippen LogP contribution in [-0.2, 0) is 4.46 Å². The minimum Gasteiger partial charge on any atom is 0.316 e. The Morgan fingerprint density at radius 3 is 1.25 bits per heavy atom. The number of hydrogen-bond donors (Lipinski definition) is 0. The van der Waals surface area contributed by atoms with E-state index in [1.807, 2.05) is 0 Å². The first-order valence-electron chi connectivity index (χ1n) is 0.204. The van der Waals surface area contributed by atoms with E-state index in [1.54, 1.807) is 10.1 Å². The fourth-order valence-corrected chi connectivity index (χ4v) is 0. The second-order valence-corrected chi connectivity index (χ2v) is 0. The van der Waals surface area contributed by atoms with Crippen LogP contribution in [0.2, 0.25) is 0 Å². The van der Waals surface area contributed by atoms with Gasteiger partial charge >= 0.3 is 52.0 Å². The minimum absolute atomic E-state index is 0. The summed E-state index contributed by atoms with van der Waals surface area (Å²) in [5.74, 6) is 0. The third kappa shape index (κ3) is 10.1. The van der Waals surface area contributed by atoms with E-state index < -0.39 is 0 Å². The van der Waals surface area contributed by atoms with E-state index >= 15 is 0 Å². The van der Waals surface area contributed by atoms with Crippen molar-refractivity contribution in [1.82, 2.24) is 0 Å². The zero-order valence-corrected chi connectivity index (χ0v) is 1.91. The molecule has 0 aromatic heterocycles. The number of hydrogen-bond acceptors (Lipinski definition) is 1. The SMILES string of the molecule is O=[Si].[LiH].[MgH2]. The van der Waals surface area contributed by atoms with Crippen LogP contribution in [0.25, 0.3) is 0 Å². The van der Waals surface area contributed by atoms with Crippen molar-refractivity contribution in [3.05, 3.63) is 0 Å². The third-order valence-corrected chi connectivity index (χ3v) is 0. The first-order chi connectivity index (χ1) is 1.00. The minimum atomic E-state index is 0. The maximum atomic E-state index is 8.06. The summed E-state index contributed by atoms with van der Waals surface area (Å²) in [7, 11) is 1.72. The van der Waals surface area contributed by atoms with Gasteiger partial charge in [-0.1, -0.05) is 0 Å². The molecule has 0 heterocycles. The monoisotopic (exact) mass is 78.0 g/mol. The van der Waals surface area contributed by atoms with E-state index in [1.165, 1.54) is 0 Å². The standard InChI is InChI=1S/Li.Mg.OSi.3H/c;;1-2;;;. The molecule has 2 radical (unpaired) electrons. The van der Waals surface area contributed by atoms with Gasteiger partial charge in [-0.2, -0.15) is 0 Å². The van der Waals surface area contributed by atoms with Crippen molar-refractivity contribution in [2.24, 2.45) is 0 Å². The van der Waals surface area contributed by atoms with Gasteiger partial charge in [0.2, 0.25) is 0 Å². The Morgan fingerprint density at radius 1 is 1.25 bits per heavy atom. The van der Waals surface area contributed by atoms with Gasteiger partial charge in [0.25, 0.3) is 0 Å². The predicted molar refractivity (Wildman–Crippen MR) is 22.1 cm³/mol.